The minimum Gasteiger partial charge on any atom is -0.478 e. The van der Waals surface area contributed by atoms with Crippen LogP contribution < -0.4 is 4.74 Å². The smallest absolute Gasteiger partial charge is 0.218 e. The van der Waals surface area contributed by atoms with Crippen LogP contribution in [-0.4, -0.2) is 23.2 Å². The maximum absolute atomic E-state index is 5.95. The maximum Gasteiger partial charge on any atom is 0.218 e. The largest absolute Gasteiger partial charge is 0.478 e. The van der Waals surface area contributed by atoms with Crippen molar-refractivity contribution < 1.29 is 9.47 Å². The molecule has 1 aromatic carbocycles. The van der Waals surface area contributed by atoms with Gasteiger partial charge in [-0.1, -0.05) is 41.9 Å². The zero-order valence-electron chi connectivity index (χ0n) is 12.1. The van der Waals surface area contributed by atoms with E-state index in [0.29, 0.717) is 36.7 Å². The zero-order valence-corrected chi connectivity index (χ0v) is 12.8. The number of aryl methyl sites for hydroxylation is 1. The highest BCUT2D eigenvalue weighted by atomic mass is 35.5. The summed E-state index contributed by atoms with van der Waals surface area (Å²) in [5.74, 6) is 1.04. The molecular weight excluding hydrogens is 288 g/mol. The Labute approximate surface area is 130 Å². The van der Waals surface area contributed by atoms with Crippen molar-refractivity contribution in [3.63, 3.8) is 0 Å². The van der Waals surface area contributed by atoms with E-state index in [-0.39, 0.29) is 0 Å². The second-order valence-corrected chi connectivity index (χ2v) is 4.91. The molecule has 2 rings (SSSR count). The quantitative estimate of drug-likeness (QED) is 0.551. The van der Waals surface area contributed by atoms with Crippen LogP contribution in [-0.2, 0) is 17.8 Å². The molecule has 1 heterocycles. The van der Waals surface area contributed by atoms with Gasteiger partial charge in [0.2, 0.25) is 5.88 Å². The Morgan fingerprint density at radius 2 is 1.95 bits per heavy atom. The Balaban J connectivity index is 1.81. The molecule has 0 radical (unpaired) electrons. The first kappa shape index (κ1) is 15.7. The highest BCUT2D eigenvalue weighted by Crippen LogP contribution is 2.15. The molecule has 0 amide bonds. The Morgan fingerprint density at radius 3 is 2.71 bits per heavy atom. The normalized spacial score (nSPS) is 10.6. The van der Waals surface area contributed by atoms with Crippen LogP contribution in [0.25, 0.3) is 0 Å². The third-order valence-corrected chi connectivity index (χ3v) is 3.05. The SMILES string of the molecule is CCOCc1nc(Cl)cc(OCCCc2ccccc2)n1. The van der Waals surface area contributed by atoms with Gasteiger partial charge in [0, 0.05) is 12.7 Å². The van der Waals surface area contributed by atoms with Gasteiger partial charge < -0.3 is 9.47 Å². The lowest BCUT2D eigenvalue weighted by molar-refractivity contribution is 0.127. The van der Waals surface area contributed by atoms with Crippen molar-refractivity contribution in [3.8, 4) is 5.88 Å². The summed E-state index contributed by atoms with van der Waals surface area (Å²) in [6, 6.07) is 12.0. The second-order valence-electron chi connectivity index (χ2n) is 4.52. The molecule has 0 aliphatic rings. The van der Waals surface area contributed by atoms with E-state index in [4.69, 9.17) is 21.1 Å². The zero-order chi connectivity index (χ0) is 14.9. The van der Waals surface area contributed by atoms with Crippen LogP contribution >= 0.6 is 11.6 Å². The lowest BCUT2D eigenvalue weighted by Crippen LogP contribution is -2.05. The Hall–Kier alpha value is -1.65. The number of benzene rings is 1. The van der Waals surface area contributed by atoms with E-state index in [1.165, 1.54) is 5.56 Å². The van der Waals surface area contributed by atoms with Crippen molar-refractivity contribution in [1.82, 2.24) is 9.97 Å². The molecule has 0 aliphatic heterocycles. The van der Waals surface area contributed by atoms with Gasteiger partial charge in [0.25, 0.3) is 0 Å². The van der Waals surface area contributed by atoms with E-state index >= 15 is 0 Å². The van der Waals surface area contributed by atoms with Crippen molar-refractivity contribution in [1.29, 1.82) is 0 Å². The topological polar surface area (TPSA) is 44.2 Å². The van der Waals surface area contributed by atoms with Crippen LogP contribution in [0.4, 0.5) is 0 Å². The summed E-state index contributed by atoms with van der Waals surface area (Å²) in [6.07, 6.45) is 1.90. The van der Waals surface area contributed by atoms with Crippen LogP contribution in [0.2, 0.25) is 5.15 Å². The fourth-order valence-corrected chi connectivity index (χ4v) is 2.06. The fourth-order valence-electron chi connectivity index (χ4n) is 1.87. The second kappa shape index (κ2) is 8.60. The summed E-state index contributed by atoms with van der Waals surface area (Å²) < 4.78 is 10.9. The predicted molar refractivity (Wildman–Crippen MR) is 82.6 cm³/mol. The molecule has 0 bridgehead atoms. The van der Waals surface area contributed by atoms with Gasteiger partial charge in [0.15, 0.2) is 5.82 Å². The fraction of sp³-hybridized carbons (Fsp3) is 0.375. The van der Waals surface area contributed by atoms with Crippen LogP contribution in [0.15, 0.2) is 36.4 Å². The molecule has 0 N–H and O–H groups in total. The predicted octanol–water partition coefficient (Wildman–Crippen LogP) is 3.68. The standard InChI is InChI=1S/C16H19ClN2O2/c1-2-20-12-15-18-14(17)11-16(19-15)21-10-6-9-13-7-4-3-5-8-13/h3-5,7-8,11H,2,6,9-10,12H2,1H3. The Kier molecular flexibility index (Phi) is 6.44. The minimum atomic E-state index is 0.345. The molecular formula is C16H19ClN2O2. The van der Waals surface area contributed by atoms with Crippen LogP contribution in [0.1, 0.15) is 24.7 Å². The number of hydrogen-bond donors (Lipinski definition) is 0. The summed E-state index contributed by atoms with van der Waals surface area (Å²) in [6.45, 7) is 3.47. The summed E-state index contributed by atoms with van der Waals surface area (Å²) in [5.41, 5.74) is 1.30. The minimum absolute atomic E-state index is 0.345. The molecule has 0 saturated heterocycles. The lowest BCUT2D eigenvalue weighted by atomic mass is 10.1. The van der Waals surface area contributed by atoms with Crippen molar-refractivity contribution in [2.45, 2.75) is 26.4 Å². The van der Waals surface area contributed by atoms with Crippen molar-refractivity contribution in [2.75, 3.05) is 13.2 Å². The van der Waals surface area contributed by atoms with E-state index in [2.05, 4.69) is 22.1 Å². The summed E-state index contributed by atoms with van der Waals surface area (Å²) in [5, 5.41) is 0.373. The molecule has 112 valence electrons. The van der Waals surface area contributed by atoms with Gasteiger partial charge in [-0.25, -0.2) is 4.98 Å². The average molecular weight is 307 g/mol. The molecule has 0 spiro atoms. The first-order valence-corrected chi connectivity index (χ1v) is 7.43. The first-order valence-electron chi connectivity index (χ1n) is 7.06. The van der Waals surface area contributed by atoms with E-state index in [1.807, 2.05) is 25.1 Å². The summed E-state index contributed by atoms with van der Waals surface area (Å²) in [7, 11) is 0. The Morgan fingerprint density at radius 1 is 1.14 bits per heavy atom. The number of aromatic nitrogens is 2. The number of ether oxygens (including phenoxy) is 2. The molecule has 0 unspecified atom stereocenters. The molecule has 1 aromatic heterocycles. The Bertz CT molecular complexity index is 549. The number of rotatable bonds is 8. The summed E-state index contributed by atoms with van der Waals surface area (Å²) >= 11 is 5.95. The monoisotopic (exact) mass is 306 g/mol. The summed E-state index contributed by atoms with van der Waals surface area (Å²) in [4.78, 5) is 8.37. The van der Waals surface area contributed by atoms with Crippen LogP contribution in [0.3, 0.4) is 0 Å². The number of hydrogen-bond acceptors (Lipinski definition) is 4. The van der Waals surface area contributed by atoms with Gasteiger partial charge in [0.1, 0.15) is 11.8 Å². The highest BCUT2D eigenvalue weighted by Gasteiger charge is 2.04. The molecule has 0 aliphatic carbocycles. The molecule has 0 fully saturated rings. The van der Waals surface area contributed by atoms with Gasteiger partial charge in [-0.3, -0.25) is 0 Å². The maximum atomic E-state index is 5.95. The molecule has 2 aromatic rings. The molecule has 4 nitrogen and oxygen atoms in total. The first-order chi connectivity index (χ1) is 10.3. The van der Waals surface area contributed by atoms with Gasteiger partial charge in [-0.15, -0.1) is 0 Å². The number of nitrogens with zero attached hydrogens (tertiary/aromatic N) is 2. The van der Waals surface area contributed by atoms with Gasteiger partial charge in [0.05, 0.1) is 6.61 Å². The van der Waals surface area contributed by atoms with Crippen LogP contribution in [0.5, 0.6) is 5.88 Å². The van der Waals surface area contributed by atoms with Gasteiger partial charge in [-0.2, -0.15) is 4.98 Å². The van der Waals surface area contributed by atoms with Crippen LogP contribution in [0, 0.1) is 0 Å². The third kappa shape index (κ3) is 5.69. The lowest BCUT2D eigenvalue weighted by Gasteiger charge is -2.07. The molecule has 21 heavy (non-hydrogen) atoms. The van der Waals surface area contributed by atoms with E-state index < -0.39 is 0 Å². The van der Waals surface area contributed by atoms with Crippen molar-refractivity contribution in [2.24, 2.45) is 0 Å². The average Bonchev–Trinajstić information content (AvgIpc) is 2.50. The number of halogens is 1. The highest BCUT2D eigenvalue weighted by molar-refractivity contribution is 6.29. The van der Waals surface area contributed by atoms with E-state index in [1.54, 1.807) is 6.07 Å². The molecule has 5 heteroatoms. The van der Waals surface area contributed by atoms with E-state index in [0.717, 1.165) is 12.8 Å². The van der Waals surface area contributed by atoms with Gasteiger partial charge >= 0.3 is 0 Å². The van der Waals surface area contributed by atoms with Gasteiger partial charge in [-0.05, 0) is 25.3 Å². The van der Waals surface area contributed by atoms with Crippen molar-refractivity contribution >= 4 is 11.6 Å². The third-order valence-electron chi connectivity index (χ3n) is 2.86. The molecule has 0 saturated carbocycles. The molecule has 0 atom stereocenters. The van der Waals surface area contributed by atoms with E-state index in [9.17, 15) is 0 Å². The van der Waals surface area contributed by atoms with Crippen molar-refractivity contribution in [3.05, 3.63) is 52.9 Å².